The molecule has 0 spiro atoms. The summed E-state index contributed by atoms with van der Waals surface area (Å²) < 4.78 is 161. The highest BCUT2D eigenvalue weighted by atomic mass is 32.2. The first-order valence-corrected chi connectivity index (χ1v) is 19.6. The van der Waals surface area contributed by atoms with Gasteiger partial charge in [0.05, 0.1) is 15.4 Å². The standard InChI is InChI=1S/C20H23F3N2O3S.C17H14F6N2O3S/c1-18(2,3)13-7-6-8-14(11-13)25-17(26)19(4,5)29(27,28)15-9-10-16(24-12-15)20(21,22)23;1-15(2,14(26)25-11-5-3-10(4-6-11)16(18,19)20)29(27,28)12-7-8-13(24-9-12)17(21,22)23/h6-12H,1-5H3,(H,25,26);3-9H,1-2H3,(H,25,26). The third-order valence-electron chi connectivity index (χ3n) is 8.57. The number of rotatable bonds is 8. The number of carbonyl (C=O) groups is 2. The number of nitrogens with zero attached hydrogens (tertiary/aromatic N) is 2. The Bertz CT molecular complexity index is 2340. The van der Waals surface area contributed by atoms with Crippen molar-refractivity contribution in [1.82, 2.24) is 9.97 Å². The molecule has 58 heavy (non-hydrogen) atoms. The van der Waals surface area contributed by atoms with E-state index in [1.54, 1.807) is 18.2 Å². The van der Waals surface area contributed by atoms with E-state index in [0.717, 1.165) is 37.6 Å². The molecule has 2 aromatic carbocycles. The van der Waals surface area contributed by atoms with Gasteiger partial charge in [-0.25, -0.2) is 16.8 Å². The minimum atomic E-state index is -4.77. The summed E-state index contributed by atoms with van der Waals surface area (Å²) in [6.45, 7) is 10.4. The van der Waals surface area contributed by atoms with Gasteiger partial charge in [0.2, 0.25) is 11.8 Å². The van der Waals surface area contributed by atoms with E-state index in [0.29, 0.717) is 48.4 Å². The number of benzene rings is 2. The van der Waals surface area contributed by atoms with Crippen molar-refractivity contribution in [1.29, 1.82) is 0 Å². The van der Waals surface area contributed by atoms with E-state index in [9.17, 15) is 65.9 Å². The number of pyridine rings is 2. The normalized spacial score (nSPS) is 13.2. The molecule has 4 aromatic rings. The quantitative estimate of drug-likeness (QED) is 0.167. The lowest BCUT2D eigenvalue weighted by atomic mass is 9.87. The van der Waals surface area contributed by atoms with E-state index < -0.39 is 86.3 Å². The number of carbonyl (C=O) groups excluding carboxylic acids is 2. The average Bonchev–Trinajstić information content (AvgIpc) is 3.10. The van der Waals surface area contributed by atoms with E-state index in [1.165, 1.54) is 13.8 Å². The summed E-state index contributed by atoms with van der Waals surface area (Å²) in [5, 5.41) is 4.77. The van der Waals surface area contributed by atoms with Crippen molar-refractivity contribution in [2.75, 3.05) is 10.6 Å². The summed E-state index contributed by atoms with van der Waals surface area (Å²) in [5.41, 5.74) is -2.36. The van der Waals surface area contributed by atoms with Crippen LogP contribution in [0.5, 0.6) is 0 Å². The van der Waals surface area contributed by atoms with Gasteiger partial charge in [-0.2, -0.15) is 39.5 Å². The average molecular weight is 869 g/mol. The van der Waals surface area contributed by atoms with Gasteiger partial charge in [0, 0.05) is 23.8 Å². The molecule has 0 saturated carbocycles. The summed E-state index contributed by atoms with van der Waals surface area (Å²) in [6.07, 6.45) is -12.9. The predicted octanol–water partition coefficient (Wildman–Crippen LogP) is 8.90. The molecule has 0 radical (unpaired) electrons. The molecule has 2 heterocycles. The molecule has 0 aliphatic carbocycles. The van der Waals surface area contributed by atoms with Crippen LogP contribution in [-0.2, 0) is 53.2 Å². The highest BCUT2D eigenvalue weighted by molar-refractivity contribution is 7.94. The summed E-state index contributed by atoms with van der Waals surface area (Å²) in [5.74, 6) is -1.89. The summed E-state index contributed by atoms with van der Waals surface area (Å²) in [4.78, 5) is 30.4. The largest absolute Gasteiger partial charge is 0.433 e. The zero-order chi connectivity index (χ0) is 44.5. The molecular formula is C37H37F9N4O6S2. The summed E-state index contributed by atoms with van der Waals surface area (Å²) >= 11 is 0. The van der Waals surface area contributed by atoms with Gasteiger partial charge < -0.3 is 10.6 Å². The number of hydrogen-bond acceptors (Lipinski definition) is 8. The Morgan fingerprint density at radius 1 is 0.500 bits per heavy atom. The van der Waals surface area contributed by atoms with Gasteiger partial charge >= 0.3 is 18.5 Å². The number of hydrogen-bond donors (Lipinski definition) is 2. The molecule has 0 unspecified atom stereocenters. The topological polar surface area (TPSA) is 152 Å². The lowest BCUT2D eigenvalue weighted by Crippen LogP contribution is -2.44. The molecule has 0 aliphatic heterocycles. The molecular weight excluding hydrogens is 832 g/mol. The number of nitrogens with one attached hydrogen (secondary N) is 2. The number of sulfone groups is 2. The van der Waals surface area contributed by atoms with Crippen LogP contribution >= 0.6 is 0 Å². The fourth-order valence-corrected chi connectivity index (χ4v) is 7.26. The highest BCUT2D eigenvalue weighted by Gasteiger charge is 2.45. The maximum Gasteiger partial charge on any atom is 0.433 e. The predicted molar refractivity (Wildman–Crippen MR) is 195 cm³/mol. The van der Waals surface area contributed by atoms with Crippen LogP contribution < -0.4 is 10.6 Å². The molecule has 21 heteroatoms. The van der Waals surface area contributed by atoms with Gasteiger partial charge in [-0.05, 0) is 99.3 Å². The van der Waals surface area contributed by atoms with Crippen molar-refractivity contribution in [2.24, 2.45) is 0 Å². The van der Waals surface area contributed by atoms with E-state index in [1.807, 2.05) is 26.8 Å². The van der Waals surface area contributed by atoms with E-state index in [-0.39, 0.29) is 11.1 Å². The van der Waals surface area contributed by atoms with Gasteiger partial charge in [-0.15, -0.1) is 0 Å². The van der Waals surface area contributed by atoms with Crippen LogP contribution in [0.3, 0.4) is 0 Å². The van der Waals surface area contributed by atoms with E-state index in [4.69, 9.17) is 0 Å². The molecule has 2 amide bonds. The lowest BCUT2D eigenvalue weighted by Gasteiger charge is -2.25. The number of halogens is 9. The first-order chi connectivity index (χ1) is 26.1. The van der Waals surface area contributed by atoms with Crippen molar-refractivity contribution in [3.05, 3.63) is 108 Å². The van der Waals surface area contributed by atoms with Crippen molar-refractivity contribution >= 4 is 42.9 Å². The molecule has 2 aromatic heterocycles. The Morgan fingerprint density at radius 3 is 1.22 bits per heavy atom. The van der Waals surface area contributed by atoms with E-state index in [2.05, 4.69) is 20.6 Å². The highest BCUT2D eigenvalue weighted by Crippen LogP contribution is 2.34. The monoisotopic (exact) mass is 868 g/mol. The Balaban J connectivity index is 0.000000310. The van der Waals surface area contributed by atoms with Gasteiger partial charge in [0.15, 0.2) is 19.7 Å². The second-order valence-corrected chi connectivity index (χ2v) is 19.6. The molecule has 0 saturated heterocycles. The number of anilines is 2. The van der Waals surface area contributed by atoms with Crippen LogP contribution in [0.25, 0.3) is 0 Å². The molecule has 0 atom stereocenters. The van der Waals surface area contributed by atoms with Crippen LogP contribution in [0.15, 0.2) is 95.0 Å². The Hall–Kier alpha value is -5.05. The fraction of sp³-hybridized carbons (Fsp3) is 0.351. The molecule has 0 fully saturated rings. The molecule has 2 N–H and O–H groups in total. The minimum absolute atomic E-state index is 0.0863. The maximum atomic E-state index is 12.9. The molecule has 10 nitrogen and oxygen atoms in total. The smallest absolute Gasteiger partial charge is 0.325 e. The van der Waals surface area contributed by atoms with Crippen LogP contribution in [0.2, 0.25) is 0 Å². The van der Waals surface area contributed by atoms with Gasteiger partial charge in [-0.1, -0.05) is 32.9 Å². The fourth-order valence-electron chi connectivity index (χ4n) is 4.62. The van der Waals surface area contributed by atoms with Crippen LogP contribution in [-0.4, -0.2) is 48.1 Å². The second-order valence-electron chi connectivity index (χ2n) is 14.6. The van der Waals surface area contributed by atoms with Crippen LogP contribution in [0, 0.1) is 0 Å². The SMILES string of the molecule is CC(C)(C(=O)Nc1ccc(C(F)(F)F)cc1)S(=O)(=O)c1ccc(C(F)(F)F)nc1.CC(C)(C)c1cccc(NC(=O)C(C)(C)S(=O)(=O)c2ccc(C(F)(F)F)nc2)c1. The Morgan fingerprint density at radius 2 is 0.897 bits per heavy atom. The zero-order valence-electron chi connectivity index (χ0n) is 31.6. The van der Waals surface area contributed by atoms with Crippen molar-refractivity contribution in [3.63, 3.8) is 0 Å². The number of amides is 2. The number of alkyl halides is 9. The van der Waals surface area contributed by atoms with Gasteiger partial charge in [0.1, 0.15) is 20.9 Å². The van der Waals surface area contributed by atoms with E-state index >= 15 is 0 Å². The lowest BCUT2D eigenvalue weighted by molar-refractivity contribution is -0.142. The first kappa shape index (κ1) is 47.3. The molecule has 0 bridgehead atoms. The van der Waals surface area contributed by atoms with Gasteiger partial charge in [-0.3, -0.25) is 19.6 Å². The maximum absolute atomic E-state index is 12.9. The molecule has 0 aliphatic rings. The molecule has 4 rings (SSSR count). The van der Waals surface area contributed by atoms with Crippen LogP contribution in [0.4, 0.5) is 50.9 Å². The van der Waals surface area contributed by atoms with Crippen molar-refractivity contribution < 1.29 is 65.9 Å². The Labute approximate surface area is 328 Å². The van der Waals surface area contributed by atoms with Gasteiger partial charge in [0.25, 0.3) is 0 Å². The first-order valence-electron chi connectivity index (χ1n) is 16.6. The zero-order valence-corrected chi connectivity index (χ0v) is 33.3. The third-order valence-corrected chi connectivity index (χ3v) is 13.4. The second kappa shape index (κ2) is 16.3. The van der Waals surface area contributed by atoms with Crippen molar-refractivity contribution in [2.45, 2.75) is 91.7 Å². The molecule has 316 valence electrons. The van der Waals surface area contributed by atoms with Crippen molar-refractivity contribution in [3.8, 4) is 0 Å². The third kappa shape index (κ3) is 10.7. The Kier molecular flexibility index (Phi) is 13.3. The van der Waals surface area contributed by atoms with Crippen LogP contribution in [0.1, 0.15) is 71.0 Å². The summed E-state index contributed by atoms with van der Waals surface area (Å²) in [6, 6.07) is 12.9. The number of aromatic nitrogens is 2. The summed E-state index contributed by atoms with van der Waals surface area (Å²) in [7, 11) is -8.77. The minimum Gasteiger partial charge on any atom is -0.325 e.